The molecule has 0 spiro atoms. The third-order valence-corrected chi connectivity index (χ3v) is 14.1. The SMILES string of the molecule is CC/C=C\C/C=C\C/C=C\C/C=C\C/C=C\C/C=C\CCCCC(=O)OC(COC(=O)CCCCCCC/C=C\CCC)COC(=O)CCCCCCCCCCCCCCCCCCCCCCCCCCCCC. The second kappa shape index (κ2) is 64.1. The van der Waals surface area contributed by atoms with Crippen LogP contribution in [0.1, 0.15) is 323 Å². The number of unbranched alkanes of at least 4 members (excludes halogenated alkanes) is 34. The summed E-state index contributed by atoms with van der Waals surface area (Å²) in [5.41, 5.74) is 0. The summed E-state index contributed by atoms with van der Waals surface area (Å²) in [5.74, 6) is -0.939. The van der Waals surface area contributed by atoms with Crippen molar-refractivity contribution in [1.29, 1.82) is 0 Å². The number of rotatable bonds is 59. The van der Waals surface area contributed by atoms with Crippen LogP contribution >= 0.6 is 0 Å². The Hall–Kier alpha value is -3.41. The van der Waals surface area contributed by atoms with Crippen LogP contribution < -0.4 is 0 Å². The normalized spacial score (nSPS) is 12.6. The summed E-state index contributed by atoms with van der Waals surface area (Å²) >= 11 is 0. The van der Waals surface area contributed by atoms with E-state index in [4.69, 9.17) is 14.2 Å². The standard InChI is InChI=1S/C70H122O6/c1-4-7-10-13-16-19-22-24-26-28-30-32-33-34-35-36-37-39-40-42-44-46-48-51-54-57-60-63-69(72)75-66-67(65-74-68(71)62-59-56-53-50-21-18-15-12-9-6-3)76-70(73)64-61-58-55-52-49-47-45-43-41-38-31-29-27-25-23-20-17-14-11-8-5-2/h8,11-12,15,17,20,25,27,31,38,43,45,49,52,67H,4-7,9-10,13-14,16,18-19,21-24,26,28-30,32-37,39-42,44,46-48,50-51,53-66H2,1-3H3/b11-8-,15-12-,20-17-,27-25-,38-31-,45-43-,52-49-. The van der Waals surface area contributed by atoms with Gasteiger partial charge in [0.05, 0.1) is 0 Å². The number of ether oxygens (including phenoxy) is 3. The summed E-state index contributed by atoms with van der Waals surface area (Å²) < 4.78 is 16.8. The lowest BCUT2D eigenvalue weighted by Gasteiger charge is -2.18. The van der Waals surface area contributed by atoms with Gasteiger partial charge in [-0.1, -0.05) is 298 Å². The lowest BCUT2D eigenvalue weighted by Crippen LogP contribution is -2.30. The molecule has 6 heteroatoms. The zero-order valence-corrected chi connectivity index (χ0v) is 50.3. The van der Waals surface area contributed by atoms with E-state index >= 15 is 0 Å². The molecule has 0 N–H and O–H groups in total. The van der Waals surface area contributed by atoms with E-state index in [-0.39, 0.29) is 37.5 Å². The van der Waals surface area contributed by atoms with Crippen molar-refractivity contribution in [3.63, 3.8) is 0 Å². The Bertz CT molecular complexity index is 1450. The largest absolute Gasteiger partial charge is 0.462 e. The van der Waals surface area contributed by atoms with Gasteiger partial charge < -0.3 is 14.2 Å². The van der Waals surface area contributed by atoms with Gasteiger partial charge in [0.25, 0.3) is 0 Å². The molecule has 1 atom stereocenters. The fourth-order valence-electron chi connectivity index (χ4n) is 9.27. The van der Waals surface area contributed by atoms with Crippen molar-refractivity contribution < 1.29 is 28.6 Å². The molecule has 6 nitrogen and oxygen atoms in total. The first-order valence-corrected chi connectivity index (χ1v) is 32.6. The summed E-state index contributed by atoms with van der Waals surface area (Å²) in [6, 6.07) is 0. The van der Waals surface area contributed by atoms with Gasteiger partial charge in [0.1, 0.15) is 13.2 Å². The Morgan fingerprint density at radius 1 is 0.276 bits per heavy atom. The third kappa shape index (κ3) is 61.4. The number of hydrogen-bond donors (Lipinski definition) is 0. The number of allylic oxidation sites excluding steroid dienone is 14. The van der Waals surface area contributed by atoms with Crippen LogP contribution in [0.3, 0.4) is 0 Å². The molecule has 0 aliphatic heterocycles. The van der Waals surface area contributed by atoms with Crippen molar-refractivity contribution in [3.05, 3.63) is 85.1 Å². The van der Waals surface area contributed by atoms with Crippen LogP contribution in [0, 0.1) is 0 Å². The summed E-state index contributed by atoms with van der Waals surface area (Å²) in [6.45, 7) is 6.46. The molecule has 0 aromatic rings. The van der Waals surface area contributed by atoms with Gasteiger partial charge in [0.15, 0.2) is 6.10 Å². The quantitative estimate of drug-likeness (QED) is 0.0261. The number of carbonyl (C=O) groups excluding carboxylic acids is 3. The highest BCUT2D eigenvalue weighted by molar-refractivity contribution is 5.71. The molecule has 438 valence electrons. The van der Waals surface area contributed by atoms with Gasteiger partial charge in [-0.05, 0) is 89.9 Å². The molecule has 0 saturated carbocycles. The molecule has 0 amide bonds. The lowest BCUT2D eigenvalue weighted by atomic mass is 10.0. The first-order chi connectivity index (χ1) is 37.5. The van der Waals surface area contributed by atoms with Crippen molar-refractivity contribution in [2.24, 2.45) is 0 Å². The molecule has 0 radical (unpaired) electrons. The maximum Gasteiger partial charge on any atom is 0.306 e. The zero-order valence-electron chi connectivity index (χ0n) is 50.3. The highest BCUT2D eigenvalue weighted by Crippen LogP contribution is 2.17. The molecule has 0 heterocycles. The molecular formula is C70H122O6. The summed E-state index contributed by atoms with van der Waals surface area (Å²) in [7, 11) is 0. The Morgan fingerprint density at radius 2 is 0.539 bits per heavy atom. The fraction of sp³-hybridized carbons (Fsp3) is 0.757. The highest BCUT2D eigenvalue weighted by atomic mass is 16.6. The van der Waals surface area contributed by atoms with E-state index in [9.17, 15) is 14.4 Å². The average molecular weight is 1060 g/mol. The van der Waals surface area contributed by atoms with E-state index in [0.29, 0.717) is 19.3 Å². The van der Waals surface area contributed by atoms with Crippen LogP contribution in [0.2, 0.25) is 0 Å². The van der Waals surface area contributed by atoms with Crippen LogP contribution in [-0.2, 0) is 28.6 Å². The second-order valence-corrected chi connectivity index (χ2v) is 21.6. The number of esters is 3. The van der Waals surface area contributed by atoms with Gasteiger partial charge in [-0.2, -0.15) is 0 Å². The first kappa shape index (κ1) is 72.6. The van der Waals surface area contributed by atoms with E-state index in [0.717, 1.165) is 109 Å². The van der Waals surface area contributed by atoms with Crippen LogP contribution in [0.4, 0.5) is 0 Å². The van der Waals surface area contributed by atoms with Crippen LogP contribution in [0.25, 0.3) is 0 Å². The van der Waals surface area contributed by atoms with E-state index in [1.165, 1.54) is 167 Å². The summed E-state index contributed by atoms with van der Waals surface area (Å²) in [4.78, 5) is 38.2. The van der Waals surface area contributed by atoms with Crippen LogP contribution in [0.15, 0.2) is 85.1 Å². The number of carbonyl (C=O) groups is 3. The number of hydrogen-bond acceptors (Lipinski definition) is 6. The molecule has 0 rings (SSSR count). The molecule has 0 aliphatic rings. The summed E-state index contributed by atoms with van der Waals surface area (Å²) in [6.07, 6.45) is 84.8. The Balaban J connectivity index is 4.25. The zero-order chi connectivity index (χ0) is 55.0. The first-order valence-electron chi connectivity index (χ1n) is 32.6. The summed E-state index contributed by atoms with van der Waals surface area (Å²) in [5, 5.41) is 0. The van der Waals surface area contributed by atoms with Crippen LogP contribution in [0.5, 0.6) is 0 Å². The second-order valence-electron chi connectivity index (χ2n) is 21.6. The topological polar surface area (TPSA) is 78.9 Å². The maximum absolute atomic E-state index is 12.9. The third-order valence-electron chi connectivity index (χ3n) is 14.1. The molecule has 0 aromatic carbocycles. The Kier molecular flexibility index (Phi) is 61.2. The minimum atomic E-state index is -0.802. The van der Waals surface area contributed by atoms with Gasteiger partial charge in [-0.3, -0.25) is 14.4 Å². The van der Waals surface area contributed by atoms with Crippen molar-refractivity contribution in [2.45, 2.75) is 329 Å². The maximum atomic E-state index is 12.9. The minimum Gasteiger partial charge on any atom is -0.462 e. The van der Waals surface area contributed by atoms with Crippen molar-refractivity contribution in [3.8, 4) is 0 Å². The predicted octanol–water partition coefficient (Wildman–Crippen LogP) is 22.3. The van der Waals surface area contributed by atoms with Gasteiger partial charge in [0.2, 0.25) is 0 Å². The molecule has 0 bridgehead atoms. The highest BCUT2D eigenvalue weighted by Gasteiger charge is 2.19. The van der Waals surface area contributed by atoms with Gasteiger partial charge in [-0.25, -0.2) is 0 Å². The minimum absolute atomic E-state index is 0.0946. The van der Waals surface area contributed by atoms with Crippen LogP contribution in [-0.4, -0.2) is 37.2 Å². The lowest BCUT2D eigenvalue weighted by molar-refractivity contribution is -0.167. The predicted molar refractivity (Wildman–Crippen MR) is 330 cm³/mol. The van der Waals surface area contributed by atoms with Crippen molar-refractivity contribution in [1.82, 2.24) is 0 Å². The van der Waals surface area contributed by atoms with Crippen molar-refractivity contribution in [2.75, 3.05) is 13.2 Å². The van der Waals surface area contributed by atoms with Gasteiger partial charge >= 0.3 is 17.9 Å². The molecule has 0 fully saturated rings. The molecule has 0 aromatic heterocycles. The van der Waals surface area contributed by atoms with Gasteiger partial charge in [0, 0.05) is 19.3 Å². The molecular weight excluding hydrogens is 937 g/mol. The monoisotopic (exact) mass is 1060 g/mol. The fourth-order valence-corrected chi connectivity index (χ4v) is 9.27. The Labute approximate surface area is 471 Å². The van der Waals surface area contributed by atoms with Gasteiger partial charge in [-0.15, -0.1) is 0 Å². The smallest absolute Gasteiger partial charge is 0.306 e. The molecule has 0 aliphatic carbocycles. The molecule has 1 unspecified atom stereocenters. The molecule has 0 saturated heterocycles. The average Bonchev–Trinajstić information content (AvgIpc) is 3.42. The Morgan fingerprint density at radius 3 is 0.895 bits per heavy atom. The van der Waals surface area contributed by atoms with E-state index < -0.39 is 6.10 Å². The van der Waals surface area contributed by atoms with E-state index in [2.05, 4.69) is 106 Å². The van der Waals surface area contributed by atoms with Crippen molar-refractivity contribution >= 4 is 17.9 Å². The van der Waals surface area contributed by atoms with E-state index in [1.54, 1.807) is 0 Å². The van der Waals surface area contributed by atoms with E-state index in [1.807, 2.05) is 0 Å². The molecule has 76 heavy (non-hydrogen) atoms.